The third-order valence-corrected chi connectivity index (χ3v) is 5.72. The van der Waals surface area contributed by atoms with E-state index in [1.54, 1.807) is 11.3 Å². The van der Waals surface area contributed by atoms with E-state index >= 15 is 0 Å². The highest BCUT2D eigenvalue weighted by atomic mass is 32.1. The molecule has 0 unspecified atom stereocenters. The molecule has 2 aromatic rings. The standard InChI is InChI=1S/C22H31N3O2S/c1-5-16(4)17-8-10-18(11-9-17)22(19-7-6-12-28-19)24-13-20(26)23-14-21(27)25-15(2)3/h6-12,15-16,22,24H,5,13-14H2,1-4H3,(H,23,26)(H,25,27)/p+1/t16-,22-/m0/s1. The maximum atomic E-state index is 12.2. The van der Waals surface area contributed by atoms with Crippen molar-refractivity contribution in [3.05, 3.63) is 57.8 Å². The van der Waals surface area contributed by atoms with Gasteiger partial charge >= 0.3 is 0 Å². The van der Waals surface area contributed by atoms with Gasteiger partial charge in [-0.05, 0) is 43.2 Å². The zero-order valence-electron chi connectivity index (χ0n) is 17.2. The van der Waals surface area contributed by atoms with E-state index in [0.29, 0.717) is 5.92 Å². The number of nitrogens with two attached hydrogens (primary N) is 1. The maximum Gasteiger partial charge on any atom is 0.275 e. The first-order valence-corrected chi connectivity index (χ1v) is 10.8. The topological polar surface area (TPSA) is 74.8 Å². The van der Waals surface area contributed by atoms with Crippen LogP contribution in [0, 0.1) is 0 Å². The molecule has 0 aliphatic heterocycles. The molecular formula is C22H32N3O2S+. The first kappa shape index (κ1) is 22.1. The fourth-order valence-corrected chi connectivity index (χ4v) is 3.85. The summed E-state index contributed by atoms with van der Waals surface area (Å²) in [5.41, 5.74) is 2.52. The lowest BCUT2D eigenvalue weighted by Crippen LogP contribution is -2.87. The molecule has 1 aromatic carbocycles. The summed E-state index contributed by atoms with van der Waals surface area (Å²) in [6.07, 6.45) is 1.12. The minimum Gasteiger partial charge on any atom is -0.352 e. The Hall–Kier alpha value is -2.18. The monoisotopic (exact) mass is 402 g/mol. The Labute approximate surface area is 171 Å². The number of hydrogen-bond acceptors (Lipinski definition) is 3. The molecule has 0 aliphatic carbocycles. The third kappa shape index (κ3) is 6.77. The summed E-state index contributed by atoms with van der Waals surface area (Å²) < 4.78 is 0. The highest BCUT2D eigenvalue weighted by Gasteiger charge is 2.20. The van der Waals surface area contributed by atoms with E-state index in [4.69, 9.17) is 0 Å². The van der Waals surface area contributed by atoms with Gasteiger partial charge in [-0.2, -0.15) is 0 Å². The van der Waals surface area contributed by atoms with Crippen LogP contribution in [0.1, 0.15) is 62.1 Å². The lowest BCUT2D eigenvalue weighted by molar-refractivity contribution is -0.676. The van der Waals surface area contributed by atoms with Gasteiger partial charge < -0.3 is 16.0 Å². The van der Waals surface area contributed by atoms with Gasteiger partial charge in [-0.1, -0.05) is 44.2 Å². The van der Waals surface area contributed by atoms with Gasteiger partial charge in [-0.3, -0.25) is 9.59 Å². The van der Waals surface area contributed by atoms with Crippen LogP contribution in [0.2, 0.25) is 0 Å². The van der Waals surface area contributed by atoms with Gasteiger partial charge in [0.2, 0.25) is 5.91 Å². The smallest absolute Gasteiger partial charge is 0.275 e. The number of carbonyl (C=O) groups is 2. The molecule has 2 atom stereocenters. The molecule has 28 heavy (non-hydrogen) atoms. The number of thiophene rings is 1. The predicted octanol–water partition coefficient (Wildman–Crippen LogP) is 2.56. The van der Waals surface area contributed by atoms with Gasteiger partial charge in [0.1, 0.15) is 6.04 Å². The van der Waals surface area contributed by atoms with Gasteiger partial charge in [-0.15, -0.1) is 11.3 Å². The fourth-order valence-electron chi connectivity index (χ4n) is 3.00. The summed E-state index contributed by atoms with van der Waals surface area (Å²) in [5.74, 6) is 0.233. The summed E-state index contributed by atoms with van der Waals surface area (Å²) in [5, 5.41) is 9.54. The number of hydrogen-bond donors (Lipinski definition) is 3. The van der Waals surface area contributed by atoms with Gasteiger partial charge in [0.25, 0.3) is 5.91 Å². The minimum absolute atomic E-state index is 0.0120. The van der Waals surface area contributed by atoms with Crippen LogP contribution in [-0.2, 0) is 9.59 Å². The fraction of sp³-hybridized carbons (Fsp3) is 0.455. The number of quaternary nitrogens is 1. The molecule has 152 valence electrons. The molecule has 0 aliphatic rings. The molecule has 4 N–H and O–H groups in total. The normalized spacial score (nSPS) is 13.2. The molecular weight excluding hydrogens is 370 g/mol. The van der Waals surface area contributed by atoms with Crippen LogP contribution in [0.25, 0.3) is 0 Å². The Morgan fingerprint density at radius 2 is 1.71 bits per heavy atom. The van der Waals surface area contributed by atoms with Crippen molar-refractivity contribution in [2.45, 2.75) is 52.1 Å². The van der Waals surface area contributed by atoms with Crippen LogP contribution in [0.15, 0.2) is 41.8 Å². The zero-order chi connectivity index (χ0) is 20.5. The maximum absolute atomic E-state index is 12.2. The third-order valence-electron chi connectivity index (χ3n) is 4.76. The largest absolute Gasteiger partial charge is 0.352 e. The first-order valence-electron chi connectivity index (χ1n) is 9.93. The van der Waals surface area contributed by atoms with Crippen molar-refractivity contribution in [1.29, 1.82) is 0 Å². The van der Waals surface area contributed by atoms with Crippen LogP contribution in [0.3, 0.4) is 0 Å². The lowest BCUT2D eigenvalue weighted by Gasteiger charge is -2.16. The summed E-state index contributed by atoms with van der Waals surface area (Å²) in [6.45, 7) is 8.50. The van der Waals surface area contributed by atoms with Gasteiger partial charge in [0.15, 0.2) is 6.54 Å². The summed E-state index contributed by atoms with van der Waals surface area (Å²) >= 11 is 1.69. The van der Waals surface area contributed by atoms with Gasteiger partial charge in [0.05, 0.1) is 11.4 Å². The molecule has 2 rings (SSSR count). The molecule has 1 aromatic heterocycles. The van der Waals surface area contributed by atoms with Crippen LogP contribution >= 0.6 is 11.3 Å². The molecule has 0 radical (unpaired) electrons. The van der Waals surface area contributed by atoms with Crippen molar-refractivity contribution in [3.63, 3.8) is 0 Å². The Morgan fingerprint density at radius 3 is 2.29 bits per heavy atom. The average molecular weight is 403 g/mol. The van der Waals surface area contributed by atoms with E-state index in [-0.39, 0.29) is 37.0 Å². The summed E-state index contributed by atoms with van der Waals surface area (Å²) in [6, 6.07) is 13.0. The molecule has 0 saturated carbocycles. The molecule has 2 amide bonds. The number of amides is 2. The molecule has 0 spiro atoms. The van der Waals surface area contributed by atoms with Crippen LogP contribution in [0.5, 0.6) is 0 Å². The SMILES string of the molecule is CC[C@H](C)c1ccc([C@H]([NH2+]CC(=O)NCC(=O)NC(C)C)c2cccs2)cc1. The molecule has 0 saturated heterocycles. The Kier molecular flexibility index (Phi) is 8.67. The van der Waals surface area contributed by atoms with E-state index in [1.165, 1.54) is 16.0 Å². The predicted molar refractivity (Wildman–Crippen MR) is 114 cm³/mol. The van der Waals surface area contributed by atoms with Crippen molar-refractivity contribution < 1.29 is 14.9 Å². The Bertz CT molecular complexity index is 742. The van der Waals surface area contributed by atoms with Crippen LogP contribution in [-0.4, -0.2) is 30.9 Å². The van der Waals surface area contributed by atoms with Gasteiger partial charge in [-0.25, -0.2) is 0 Å². The van der Waals surface area contributed by atoms with Crippen molar-refractivity contribution in [1.82, 2.24) is 10.6 Å². The Morgan fingerprint density at radius 1 is 1.04 bits per heavy atom. The van der Waals surface area contributed by atoms with E-state index in [0.717, 1.165) is 6.42 Å². The van der Waals surface area contributed by atoms with Gasteiger partial charge in [0, 0.05) is 11.6 Å². The molecule has 1 heterocycles. The summed E-state index contributed by atoms with van der Waals surface area (Å²) in [7, 11) is 0. The molecule has 5 nitrogen and oxygen atoms in total. The van der Waals surface area contributed by atoms with E-state index in [1.807, 2.05) is 25.2 Å². The number of nitrogens with one attached hydrogen (secondary N) is 2. The lowest BCUT2D eigenvalue weighted by atomic mass is 9.95. The summed E-state index contributed by atoms with van der Waals surface area (Å²) in [4.78, 5) is 25.1. The van der Waals surface area contributed by atoms with E-state index < -0.39 is 0 Å². The number of rotatable bonds is 10. The minimum atomic E-state index is -0.168. The second-order valence-electron chi connectivity index (χ2n) is 7.41. The van der Waals surface area contributed by atoms with Crippen molar-refractivity contribution in [2.75, 3.05) is 13.1 Å². The average Bonchev–Trinajstić information content (AvgIpc) is 3.20. The molecule has 0 fully saturated rings. The van der Waals surface area contributed by atoms with Crippen LogP contribution < -0.4 is 16.0 Å². The Balaban J connectivity index is 1.99. The second-order valence-corrected chi connectivity index (χ2v) is 8.39. The molecule has 6 heteroatoms. The van der Waals surface area contributed by atoms with Crippen molar-refractivity contribution in [3.8, 4) is 0 Å². The zero-order valence-corrected chi connectivity index (χ0v) is 18.0. The van der Waals surface area contributed by atoms with E-state index in [9.17, 15) is 9.59 Å². The van der Waals surface area contributed by atoms with Crippen LogP contribution in [0.4, 0.5) is 0 Å². The quantitative estimate of drug-likeness (QED) is 0.571. The second kappa shape index (κ2) is 11.0. The first-order chi connectivity index (χ1) is 13.4. The van der Waals surface area contributed by atoms with Crippen molar-refractivity contribution in [2.24, 2.45) is 0 Å². The van der Waals surface area contributed by atoms with Crippen molar-refractivity contribution >= 4 is 23.2 Å². The molecule has 0 bridgehead atoms. The van der Waals surface area contributed by atoms with E-state index in [2.05, 4.69) is 60.2 Å². The highest BCUT2D eigenvalue weighted by Crippen LogP contribution is 2.25. The number of carbonyl (C=O) groups excluding carboxylic acids is 2. The number of benzene rings is 1. The highest BCUT2D eigenvalue weighted by molar-refractivity contribution is 7.10.